The fourth-order valence-electron chi connectivity index (χ4n) is 0.475. The van der Waals surface area contributed by atoms with Gasteiger partial charge < -0.3 is 9.47 Å². The first-order chi connectivity index (χ1) is 6.10. The summed E-state index contributed by atoms with van der Waals surface area (Å²) in [5.74, 6) is -1.19. The summed E-state index contributed by atoms with van der Waals surface area (Å²) >= 11 is 0. The summed E-state index contributed by atoms with van der Waals surface area (Å²) in [5.41, 5.74) is 0. The van der Waals surface area contributed by atoms with Crippen LogP contribution in [0.1, 0.15) is 6.92 Å². The number of ether oxygens (including phenoxy) is 2. The zero-order valence-corrected chi connectivity index (χ0v) is 7.65. The summed E-state index contributed by atoms with van der Waals surface area (Å²) in [6.07, 6.45) is 3.11. The summed E-state index contributed by atoms with van der Waals surface area (Å²) in [5, 5.41) is 0. The van der Waals surface area contributed by atoms with Crippen LogP contribution >= 0.6 is 0 Å². The SMILES string of the molecule is C=CC(C)OC(=O)/C=C\C(=O)OC. The van der Waals surface area contributed by atoms with Gasteiger partial charge in [0.15, 0.2) is 0 Å². The molecule has 0 bridgehead atoms. The molecule has 1 atom stereocenters. The molecule has 0 aromatic carbocycles. The standard InChI is InChI=1S/C9H12O4/c1-4-7(2)13-9(11)6-5-8(10)12-3/h4-7H,1H2,2-3H3/b6-5-. The number of hydrogen-bond donors (Lipinski definition) is 0. The van der Waals surface area contributed by atoms with Crippen LogP contribution in [0.25, 0.3) is 0 Å². The van der Waals surface area contributed by atoms with Gasteiger partial charge >= 0.3 is 11.9 Å². The average Bonchev–Trinajstić information content (AvgIpc) is 2.13. The van der Waals surface area contributed by atoms with Gasteiger partial charge in [0.05, 0.1) is 7.11 Å². The van der Waals surface area contributed by atoms with Gasteiger partial charge in [-0.2, -0.15) is 0 Å². The Bertz CT molecular complexity index is 230. The van der Waals surface area contributed by atoms with E-state index >= 15 is 0 Å². The van der Waals surface area contributed by atoms with Gasteiger partial charge in [0.1, 0.15) is 6.10 Å². The fraction of sp³-hybridized carbons (Fsp3) is 0.333. The first-order valence-corrected chi connectivity index (χ1v) is 3.69. The lowest BCUT2D eigenvalue weighted by Crippen LogP contribution is -2.10. The average molecular weight is 184 g/mol. The first-order valence-electron chi connectivity index (χ1n) is 3.69. The molecule has 0 saturated heterocycles. The number of rotatable bonds is 4. The third-order valence-corrected chi connectivity index (χ3v) is 1.19. The van der Waals surface area contributed by atoms with Crippen LogP contribution in [0.2, 0.25) is 0 Å². The van der Waals surface area contributed by atoms with E-state index in [1.165, 1.54) is 13.2 Å². The molecule has 0 N–H and O–H groups in total. The third-order valence-electron chi connectivity index (χ3n) is 1.19. The Hall–Kier alpha value is -1.58. The molecule has 0 aliphatic rings. The van der Waals surface area contributed by atoms with Crippen molar-refractivity contribution in [2.24, 2.45) is 0 Å². The Kier molecular flexibility index (Phi) is 5.27. The van der Waals surface area contributed by atoms with E-state index in [0.29, 0.717) is 0 Å². The maximum Gasteiger partial charge on any atom is 0.331 e. The predicted molar refractivity (Wildman–Crippen MR) is 46.9 cm³/mol. The number of esters is 2. The van der Waals surface area contributed by atoms with Crippen LogP contribution in [0.15, 0.2) is 24.8 Å². The Morgan fingerprint density at radius 1 is 1.31 bits per heavy atom. The lowest BCUT2D eigenvalue weighted by atomic mass is 10.4. The van der Waals surface area contributed by atoms with E-state index in [0.717, 1.165) is 12.2 Å². The van der Waals surface area contributed by atoms with Crippen molar-refractivity contribution in [3.8, 4) is 0 Å². The molecule has 0 radical (unpaired) electrons. The molecule has 0 aromatic heterocycles. The summed E-state index contributed by atoms with van der Waals surface area (Å²) in [6.45, 7) is 5.10. The normalized spacial score (nSPS) is 12.2. The van der Waals surface area contributed by atoms with Crippen LogP contribution in [0, 0.1) is 0 Å². The molecule has 0 aliphatic carbocycles. The molecule has 0 rings (SSSR count). The van der Waals surface area contributed by atoms with E-state index in [2.05, 4.69) is 11.3 Å². The van der Waals surface area contributed by atoms with Crippen LogP contribution in [0.3, 0.4) is 0 Å². The Balaban J connectivity index is 3.93. The molecule has 0 heterocycles. The maximum absolute atomic E-state index is 10.9. The fourth-order valence-corrected chi connectivity index (χ4v) is 0.475. The summed E-state index contributed by atoms with van der Waals surface area (Å²) in [4.78, 5) is 21.4. The van der Waals surface area contributed by atoms with E-state index in [4.69, 9.17) is 4.74 Å². The van der Waals surface area contributed by atoms with Gasteiger partial charge in [0.2, 0.25) is 0 Å². The lowest BCUT2D eigenvalue weighted by molar-refractivity contribution is -0.141. The van der Waals surface area contributed by atoms with Crippen LogP contribution in [0.4, 0.5) is 0 Å². The minimum absolute atomic E-state index is 0.366. The molecule has 0 amide bonds. The van der Waals surface area contributed by atoms with Gasteiger partial charge in [0.25, 0.3) is 0 Å². The molecule has 1 unspecified atom stereocenters. The van der Waals surface area contributed by atoms with E-state index in [-0.39, 0.29) is 6.10 Å². The van der Waals surface area contributed by atoms with Gasteiger partial charge in [-0.3, -0.25) is 0 Å². The zero-order valence-electron chi connectivity index (χ0n) is 7.65. The summed E-state index contributed by atoms with van der Waals surface area (Å²) < 4.78 is 9.02. The molecule has 4 heteroatoms. The van der Waals surface area contributed by atoms with Crippen molar-refractivity contribution in [2.75, 3.05) is 7.11 Å². The minimum Gasteiger partial charge on any atom is -0.466 e. The number of carbonyl (C=O) groups is 2. The molecular weight excluding hydrogens is 172 g/mol. The van der Waals surface area contributed by atoms with Crippen LogP contribution < -0.4 is 0 Å². The third kappa shape index (κ3) is 5.66. The molecule has 0 fully saturated rings. The van der Waals surface area contributed by atoms with Crippen molar-refractivity contribution in [3.05, 3.63) is 24.8 Å². The highest BCUT2D eigenvalue weighted by Crippen LogP contribution is 1.93. The van der Waals surface area contributed by atoms with Crippen molar-refractivity contribution >= 4 is 11.9 Å². The topological polar surface area (TPSA) is 52.6 Å². The molecule has 0 aromatic rings. The molecule has 4 nitrogen and oxygen atoms in total. The lowest BCUT2D eigenvalue weighted by Gasteiger charge is -2.04. The van der Waals surface area contributed by atoms with Gasteiger partial charge in [-0.1, -0.05) is 12.7 Å². The molecule has 13 heavy (non-hydrogen) atoms. The second kappa shape index (κ2) is 5.99. The first kappa shape index (κ1) is 11.4. The second-order valence-electron chi connectivity index (χ2n) is 2.23. The van der Waals surface area contributed by atoms with E-state index in [1.54, 1.807) is 6.92 Å². The van der Waals surface area contributed by atoms with E-state index in [1.807, 2.05) is 0 Å². The molecule has 0 spiro atoms. The molecule has 0 saturated carbocycles. The molecular formula is C9H12O4. The second-order valence-corrected chi connectivity index (χ2v) is 2.23. The number of hydrogen-bond acceptors (Lipinski definition) is 4. The van der Waals surface area contributed by atoms with Crippen molar-refractivity contribution in [1.29, 1.82) is 0 Å². The zero-order chi connectivity index (χ0) is 10.3. The van der Waals surface area contributed by atoms with Crippen LogP contribution in [0.5, 0.6) is 0 Å². The minimum atomic E-state index is -0.599. The highest BCUT2D eigenvalue weighted by Gasteiger charge is 2.02. The van der Waals surface area contributed by atoms with Gasteiger partial charge in [-0.15, -0.1) is 0 Å². The summed E-state index contributed by atoms with van der Waals surface area (Å²) in [6, 6.07) is 0. The quantitative estimate of drug-likeness (QED) is 0.369. The van der Waals surface area contributed by atoms with Gasteiger partial charge in [-0.25, -0.2) is 9.59 Å². The molecule has 0 aliphatic heterocycles. The van der Waals surface area contributed by atoms with Crippen molar-refractivity contribution in [1.82, 2.24) is 0 Å². The van der Waals surface area contributed by atoms with E-state index < -0.39 is 11.9 Å². The summed E-state index contributed by atoms with van der Waals surface area (Å²) in [7, 11) is 1.23. The number of carbonyl (C=O) groups excluding carboxylic acids is 2. The predicted octanol–water partition coefficient (Wildman–Crippen LogP) is 0.833. The largest absolute Gasteiger partial charge is 0.466 e. The van der Waals surface area contributed by atoms with Crippen molar-refractivity contribution < 1.29 is 19.1 Å². The highest BCUT2D eigenvalue weighted by atomic mass is 16.5. The Morgan fingerprint density at radius 3 is 2.31 bits per heavy atom. The van der Waals surface area contributed by atoms with Crippen molar-refractivity contribution in [2.45, 2.75) is 13.0 Å². The monoisotopic (exact) mass is 184 g/mol. The van der Waals surface area contributed by atoms with Gasteiger partial charge in [0, 0.05) is 12.2 Å². The van der Waals surface area contributed by atoms with Crippen molar-refractivity contribution in [3.63, 3.8) is 0 Å². The van der Waals surface area contributed by atoms with Crippen LogP contribution in [-0.4, -0.2) is 25.2 Å². The van der Waals surface area contributed by atoms with Crippen LogP contribution in [-0.2, 0) is 19.1 Å². The Labute approximate surface area is 76.8 Å². The van der Waals surface area contributed by atoms with E-state index in [9.17, 15) is 9.59 Å². The van der Waals surface area contributed by atoms with Gasteiger partial charge in [-0.05, 0) is 6.92 Å². The molecule has 72 valence electrons. The smallest absolute Gasteiger partial charge is 0.331 e. The Morgan fingerprint density at radius 2 is 1.85 bits per heavy atom. The highest BCUT2D eigenvalue weighted by molar-refractivity contribution is 5.91. The number of methoxy groups -OCH3 is 1. The maximum atomic E-state index is 10.9.